The van der Waals surface area contributed by atoms with Crippen LogP contribution in [0.4, 0.5) is 8.78 Å². The van der Waals surface area contributed by atoms with E-state index in [-0.39, 0.29) is 36.3 Å². The fraction of sp³-hybridized carbons (Fsp3) is 0.263. The van der Waals surface area contributed by atoms with Gasteiger partial charge in [0.15, 0.2) is 5.96 Å². The number of carbonyl (C=O) groups excluding carboxylic acids is 1. The fourth-order valence-corrected chi connectivity index (χ4v) is 2.43. The SMILES string of the molecule is CN=C(NCc1ccc(C(N)=O)cc1)NCc1cc(C)ccc1OC(F)F.I. The number of primary amides is 1. The number of aliphatic imine (C=N–C) groups is 1. The summed E-state index contributed by atoms with van der Waals surface area (Å²) in [5.41, 5.74) is 8.12. The van der Waals surface area contributed by atoms with Gasteiger partial charge in [0.25, 0.3) is 0 Å². The van der Waals surface area contributed by atoms with Gasteiger partial charge in [-0.15, -0.1) is 24.0 Å². The predicted molar refractivity (Wildman–Crippen MR) is 115 cm³/mol. The summed E-state index contributed by atoms with van der Waals surface area (Å²) in [7, 11) is 1.61. The summed E-state index contributed by atoms with van der Waals surface area (Å²) in [6.07, 6.45) is 0. The van der Waals surface area contributed by atoms with Crippen molar-refractivity contribution in [2.75, 3.05) is 7.05 Å². The van der Waals surface area contributed by atoms with Crippen LogP contribution in [0.3, 0.4) is 0 Å². The topological polar surface area (TPSA) is 88.7 Å². The van der Waals surface area contributed by atoms with Gasteiger partial charge in [0.05, 0.1) is 0 Å². The summed E-state index contributed by atoms with van der Waals surface area (Å²) in [5.74, 6) is 0.144. The molecule has 0 radical (unpaired) electrons. The highest BCUT2D eigenvalue weighted by Crippen LogP contribution is 2.21. The Balaban J connectivity index is 0.00000392. The number of alkyl halides is 2. The van der Waals surface area contributed by atoms with E-state index in [1.54, 1.807) is 43.4 Å². The average Bonchev–Trinajstić information content (AvgIpc) is 2.64. The van der Waals surface area contributed by atoms with E-state index in [0.717, 1.165) is 11.1 Å². The highest BCUT2D eigenvalue weighted by atomic mass is 127. The van der Waals surface area contributed by atoms with Crippen molar-refractivity contribution in [3.63, 3.8) is 0 Å². The number of ether oxygens (including phenoxy) is 1. The number of hydrogen-bond acceptors (Lipinski definition) is 3. The number of halogens is 3. The molecule has 2 rings (SSSR count). The molecule has 4 N–H and O–H groups in total. The first-order chi connectivity index (χ1) is 12.9. The van der Waals surface area contributed by atoms with Gasteiger partial charge < -0.3 is 21.1 Å². The molecule has 2 aromatic rings. The molecule has 0 spiro atoms. The Morgan fingerprint density at radius 3 is 2.36 bits per heavy atom. The number of amides is 1. The molecule has 0 atom stereocenters. The summed E-state index contributed by atoms with van der Waals surface area (Å²) in [6.45, 7) is -0.276. The number of benzene rings is 2. The van der Waals surface area contributed by atoms with Gasteiger partial charge in [-0.05, 0) is 30.7 Å². The minimum Gasteiger partial charge on any atom is -0.434 e. The molecule has 0 aliphatic rings. The van der Waals surface area contributed by atoms with Crippen LogP contribution in [0.2, 0.25) is 0 Å². The molecular formula is C19H23F2IN4O2. The van der Waals surface area contributed by atoms with Crippen LogP contribution in [-0.2, 0) is 13.1 Å². The number of rotatable bonds is 7. The van der Waals surface area contributed by atoms with Crippen LogP contribution in [-0.4, -0.2) is 25.5 Å². The molecule has 0 aliphatic heterocycles. The summed E-state index contributed by atoms with van der Waals surface area (Å²) in [5, 5.41) is 6.18. The van der Waals surface area contributed by atoms with E-state index >= 15 is 0 Å². The molecule has 0 unspecified atom stereocenters. The average molecular weight is 504 g/mol. The second kappa shape index (κ2) is 11.4. The second-order valence-electron chi connectivity index (χ2n) is 5.83. The molecule has 1 amide bonds. The van der Waals surface area contributed by atoms with Gasteiger partial charge in [0, 0.05) is 31.3 Å². The lowest BCUT2D eigenvalue weighted by atomic mass is 10.1. The third-order valence-electron chi connectivity index (χ3n) is 3.80. The number of guanidine groups is 1. The molecule has 0 aromatic heterocycles. The largest absolute Gasteiger partial charge is 0.434 e. The Kier molecular flexibility index (Phi) is 9.63. The van der Waals surface area contributed by atoms with Crippen LogP contribution in [0.5, 0.6) is 5.75 Å². The first-order valence-electron chi connectivity index (χ1n) is 8.26. The Morgan fingerprint density at radius 2 is 1.79 bits per heavy atom. The quantitative estimate of drug-likeness (QED) is 0.307. The van der Waals surface area contributed by atoms with Crippen molar-refractivity contribution in [1.82, 2.24) is 10.6 Å². The molecule has 6 nitrogen and oxygen atoms in total. The molecule has 0 saturated heterocycles. The Bertz CT molecular complexity index is 814. The third kappa shape index (κ3) is 7.29. The van der Waals surface area contributed by atoms with Crippen LogP contribution >= 0.6 is 24.0 Å². The van der Waals surface area contributed by atoms with Crippen LogP contribution in [0.1, 0.15) is 27.0 Å². The lowest BCUT2D eigenvalue weighted by Crippen LogP contribution is -2.36. The van der Waals surface area contributed by atoms with Gasteiger partial charge in [0.1, 0.15) is 5.75 Å². The monoisotopic (exact) mass is 504 g/mol. The fourth-order valence-electron chi connectivity index (χ4n) is 2.43. The molecule has 2 aromatic carbocycles. The minimum absolute atomic E-state index is 0. The first kappa shape index (κ1) is 23.6. The predicted octanol–water partition coefficient (Wildman–Crippen LogP) is 3.18. The molecule has 0 fully saturated rings. The van der Waals surface area contributed by atoms with E-state index in [1.807, 2.05) is 6.92 Å². The van der Waals surface area contributed by atoms with Crippen molar-refractivity contribution in [3.8, 4) is 5.75 Å². The van der Waals surface area contributed by atoms with Gasteiger partial charge in [0.2, 0.25) is 5.91 Å². The van der Waals surface area contributed by atoms with Crippen molar-refractivity contribution < 1.29 is 18.3 Å². The van der Waals surface area contributed by atoms with E-state index in [1.165, 1.54) is 6.07 Å². The maximum Gasteiger partial charge on any atom is 0.387 e. The number of nitrogens with zero attached hydrogens (tertiary/aromatic N) is 1. The smallest absolute Gasteiger partial charge is 0.387 e. The maximum absolute atomic E-state index is 12.5. The highest BCUT2D eigenvalue weighted by molar-refractivity contribution is 14.0. The summed E-state index contributed by atoms with van der Waals surface area (Å²) < 4.78 is 29.6. The van der Waals surface area contributed by atoms with Gasteiger partial charge in [-0.1, -0.05) is 29.8 Å². The van der Waals surface area contributed by atoms with E-state index < -0.39 is 12.5 Å². The molecule has 28 heavy (non-hydrogen) atoms. The van der Waals surface area contributed by atoms with E-state index in [0.29, 0.717) is 23.6 Å². The van der Waals surface area contributed by atoms with E-state index in [2.05, 4.69) is 20.4 Å². The van der Waals surface area contributed by atoms with Gasteiger partial charge in [-0.3, -0.25) is 9.79 Å². The molecule has 0 aliphatic carbocycles. The van der Waals surface area contributed by atoms with Crippen molar-refractivity contribution >= 4 is 35.8 Å². The number of nitrogens with one attached hydrogen (secondary N) is 2. The second-order valence-corrected chi connectivity index (χ2v) is 5.83. The van der Waals surface area contributed by atoms with Gasteiger partial charge >= 0.3 is 6.61 Å². The number of carbonyl (C=O) groups is 1. The molecule has 0 bridgehead atoms. The zero-order chi connectivity index (χ0) is 19.8. The molecular weight excluding hydrogens is 481 g/mol. The normalized spacial score (nSPS) is 11.0. The molecule has 152 valence electrons. The Labute approximate surface area is 179 Å². The Hall–Kier alpha value is -2.43. The number of nitrogens with two attached hydrogens (primary N) is 1. The number of aryl methyl sites for hydroxylation is 1. The zero-order valence-corrected chi connectivity index (χ0v) is 17.9. The summed E-state index contributed by atoms with van der Waals surface area (Å²) >= 11 is 0. The molecule has 0 heterocycles. The number of hydrogen-bond donors (Lipinski definition) is 3. The Morgan fingerprint density at radius 1 is 1.14 bits per heavy atom. The lowest BCUT2D eigenvalue weighted by molar-refractivity contribution is -0.0504. The van der Waals surface area contributed by atoms with Gasteiger partial charge in [-0.2, -0.15) is 8.78 Å². The third-order valence-corrected chi connectivity index (χ3v) is 3.80. The van der Waals surface area contributed by atoms with E-state index in [4.69, 9.17) is 5.73 Å². The first-order valence-corrected chi connectivity index (χ1v) is 8.26. The zero-order valence-electron chi connectivity index (χ0n) is 15.5. The summed E-state index contributed by atoms with van der Waals surface area (Å²) in [4.78, 5) is 15.2. The minimum atomic E-state index is -2.88. The lowest BCUT2D eigenvalue weighted by Gasteiger charge is -2.15. The summed E-state index contributed by atoms with van der Waals surface area (Å²) in [6, 6.07) is 11.9. The standard InChI is InChI=1S/C19H22F2N4O2.HI/c1-12-3-8-16(27-18(20)21)15(9-12)11-25-19(23-2)24-10-13-4-6-14(7-5-13)17(22)26;/h3-9,18H,10-11H2,1-2H3,(H2,22,26)(H2,23,24,25);1H. The van der Waals surface area contributed by atoms with E-state index in [9.17, 15) is 13.6 Å². The van der Waals surface area contributed by atoms with Crippen LogP contribution in [0.25, 0.3) is 0 Å². The van der Waals surface area contributed by atoms with Crippen molar-refractivity contribution in [2.24, 2.45) is 10.7 Å². The maximum atomic E-state index is 12.5. The molecule has 0 saturated carbocycles. The van der Waals surface area contributed by atoms with Crippen LogP contribution in [0.15, 0.2) is 47.5 Å². The molecule has 9 heteroatoms. The van der Waals surface area contributed by atoms with Crippen molar-refractivity contribution in [3.05, 3.63) is 64.7 Å². The van der Waals surface area contributed by atoms with Crippen LogP contribution in [0, 0.1) is 6.92 Å². The highest BCUT2D eigenvalue weighted by Gasteiger charge is 2.10. The van der Waals surface area contributed by atoms with Crippen LogP contribution < -0.4 is 21.1 Å². The van der Waals surface area contributed by atoms with Crippen molar-refractivity contribution in [1.29, 1.82) is 0 Å². The van der Waals surface area contributed by atoms with Gasteiger partial charge in [-0.25, -0.2) is 0 Å². The van der Waals surface area contributed by atoms with Crippen molar-refractivity contribution in [2.45, 2.75) is 26.6 Å².